The first-order valence-corrected chi connectivity index (χ1v) is 13.3. The number of para-hydroxylation sites is 2. The highest BCUT2D eigenvalue weighted by Crippen LogP contribution is 2.36. The van der Waals surface area contributed by atoms with Gasteiger partial charge in [-0.25, -0.2) is 9.36 Å². The second-order valence-electron chi connectivity index (χ2n) is 9.85. The molecule has 7 nitrogen and oxygen atoms in total. The zero-order valence-corrected chi connectivity index (χ0v) is 23.0. The van der Waals surface area contributed by atoms with Gasteiger partial charge in [0.2, 0.25) is 0 Å². The molecular weight excluding hydrogens is 524 g/mol. The molecule has 0 aliphatic rings. The summed E-state index contributed by atoms with van der Waals surface area (Å²) in [4.78, 5) is 28.0. The zero-order chi connectivity index (χ0) is 28.0. The second-order valence-corrected chi connectivity index (χ2v) is 10.3. The SMILES string of the molecule is Cc1ccc(-c2ccc(C(c3c(C)[nH]n(-c4ccccc4)c3=O)c3c(C)[nH]n(-c4ccccc4)c3=O)o2)cc1Cl. The van der Waals surface area contributed by atoms with Crippen LogP contribution in [0.1, 0.15) is 39.8 Å². The number of hydrogen-bond acceptors (Lipinski definition) is 3. The number of aryl methyl sites for hydroxylation is 3. The number of aromatic nitrogens is 4. The fourth-order valence-electron chi connectivity index (χ4n) is 5.15. The van der Waals surface area contributed by atoms with Gasteiger partial charge < -0.3 is 4.42 Å². The van der Waals surface area contributed by atoms with E-state index in [4.69, 9.17) is 16.0 Å². The number of H-pyrrole nitrogens is 2. The Morgan fingerprint density at radius 3 is 1.73 bits per heavy atom. The molecule has 0 bridgehead atoms. The maximum Gasteiger partial charge on any atom is 0.275 e. The summed E-state index contributed by atoms with van der Waals surface area (Å²) < 4.78 is 9.40. The predicted octanol–water partition coefficient (Wildman–Crippen LogP) is 6.66. The molecule has 0 saturated heterocycles. The van der Waals surface area contributed by atoms with Crippen LogP contribution >= 0.6 is 11.6 Å². The summed E-state index contributed by atoms with van der Waals surface area (Å²) in [5.41, 5.74) is 4.81. The van der Waals surface area contributed by atoms with Crippen LogP contribution in [-0.2, 0) is 0 Å². The monoisotopic (exact) mass is 550 g/mol. The summed E-state index contributed by atoms with van der Waals surface area (Å²) in [5, 5.41) is 7.04. The molecule has 40 heavy (non-hydrogen) atoms. The normalized spacial score (nSPS) is 11.4. The van der Waals surface area contributed by atoms with E-state index in [-0.39, 0.29) is 11.1 Å². The van der Waals surface area contributed by atoms with Gasteiger partial charge in [-0.15, -0.1) is 0 Å². The molecule has 0 spiro atoms. The molecular formula is C32H27ClN4O3. The van der Waals surface area contributed by atoms with Crippen LogP contribution in [-0.4, -0.2) is 19.6 Å². The summed E-state index contributed by atoms with van der Waals surface area (Å²) in [6.07, 6.45) is 0. The lowest BCUT2D eigenvalue weighted by Gasteiger charge is -2.13. The van der Waals surface area contributed by atoms with Crippen LogP contribution in [0.4, 0.5) is 0 Å². The van der Waals surface area contributed by atoms with Crippen molar-refractivity contribution in [2.75, 3.05) is 0 Å². The van der Waals surface area contributed by atoms with E-state index in [1.165, 1.54) is 9.36 Å². The Hall–Kier alpha value is -4.75. The minimum absolute atomic E-state index is 0.253. The van der Waals surface area contributed by atoms with Gasteiger partial charge in [0.25, 0.3) is 11.1 Å². The van der Waals surface area contributed by atoms with Crippen molar-refractivity contribution in [3.63, 3.8) is 0 Å². The molecule has 0 unspecified atom stereocenters. The lowest BCUT2D eigenvalue weighted by Crippen LogP contribution is -2.25. The Labute approximate surface area is 235 Å². The lowest BCUT2D eigenvalue weighted by molar-refractivity contribution is 0.513. The predicted molar refractivity (Wildman–Crippen MR) is 157 cm³/mol. The van der Waals surface area contributed by atoms with E-state index in [1.807, 2.05) is 112 Å². The topological polar surface area (TPSA) is 88.7 Å². The zero-order valence-electron chi connectivity index (χ0n) is 22.2. The summed E-state index contributed by atoms with van der Waals surface area (Å²) in [5.74, 6) is 0.303. The third kappa shape index (κ3) is 4.34. The molecule has 0 radical (unpaired) electrons. The van der Waals surface area contributed by atoms with Crippen molar-refractivity contribution in [1.29, 1.82) is 0 Å². The van der Waals surface area contributed by atoms with E-state index in [9.17, 15) is 9.59 Å². The fraction of sp³-hybridized carbons (Fsp3) is 0.125. The Bertz CT molecular complexity index is 1840. The Morgan fingerprint density at radius 2 is 1.23 bits per heavy atom. The number of nitrogens with zero attached hydrogens (tertiary/aromatic N) is 2. The molecule has 3 heterocycles. The van der Waals surface area contributed by atoms with Crippen LogP contribution in [0.15, 0.2) is 105 Å². The summed E-state index contributed by atoms with van der Waals surface area (Å²) in [7, 11) is 0. The lowest BCUT2D eigenvalue weighted by atomic mass is 9.89. The van der Waals surface area contributed by atoms with E-state index < -0.39 is 5.92 Å². The highest BCUT2D eigenvalue weighted by atomic mass is 35.5. The van der Waals surface area contributed by atoms with Crippen molar-refractivity contribution < 1.29 is 4.42 Å². The molecule has 2 N–H and O–H groups in total. The number of aromatic amines is 2. The first kappa shape index (κ1) is 25.5. The number of nitrogens with one attached hydrogen (secondary N) is 2. The van der Waals surface area contributed by atoms with Crippen molar-refractivity contribution in [3.05, 3.63) is 151 Å². The molecule has 0 atom stereocenters. The van der Waals surface area contributed by atoms with Crippen LogP contribution in [0.3, 0.4) is 0 Å². The van der Waals surface area contributed by atoms with Gasteiger partial charge in [-0.3, -0.25) is 19.8 Å². The number of hydrogen-bond donors (Lipinski definition) is 2. The first-order valence-electron chi connectivity index (χ1n) is 12.9. The third-order valence-electron chi connectivity index (χ3n) is 7.21. The van der Waals surface area contributed by atoms with Crippen molar-refractivity contribution in [1.82, 2.24) is 19.6 Å². The Kier molecular flexibility index (Phi) is 6.44. The minimum Gasteiger partial charge on any atom is -0.460 e. The molecule has 0 saturated carbocycles. The van der Waals surface area contributed by atoms with E-state index in [2.05, 4.69) is 10.2 Å². The summed E-state index contributed by atoms with van der Waals surface area (Å²) >= 11 is 6.39. The van der Waals surface area contributed by atoms with E-state index >= 15 is 0 Å². The number of benzene rings is 3. The van der Waals surface area contributed by atoms with Gasteiger partial charge in [0, 0.05) is 22.0 Å². The van der Waals surface area contributed by atoms with Crippen LogP contribution < -0.4 is 11.1 Å². The maximum atomic E-state index is 14.0. The van der Waals surface area contributed by atoms with Crippen molar-refractivity contribution >= 4 is 11.6 Å². The van der Waals surface area contributed by atoms with Gasteiger partial charge in [-0.05, 0) is 68.8 Å². The average Bonchev–Trinajstić information content (AvgIpc) is 3.65. The molecule has 6 aromatic rings. The van der Waals surface area contributed by atoms with Crippen LogP contribution in [0.5, 0.6) is 0 Å². The van der Waals surface area contributed by atoms with Crippen LogP contribution in [0.2, 0.25) is 5.02 Å². The first-order chi connectivity index (χ1) is 19.3. The maximum absolute atomic E-state index is 14.0. The minimum atomic E-state index is -0.767. The Morgan fingerprint density at radius 1 is 0.700 bits per heavy atom. The molecule has 3 aromatic heterocycles. The van der Waals surface area contributed by atoms with E-state index in [1.54, 1.807) is 0 Å². The number of rotatable bonds is 6. The molecule has 0 aliphatic heterocycles. The van der Waals surface area contributed by atoms with Crippen molar-refractivity contribution in [2.45, 2.75) is 26.7 Å². The molecule has 0 fully saturated rings. The molecule has 200 valence electrons. The van der Waals surface area contributed by atoms with Gasteiger partial charge in [0.15, 0.2) is 0 Å². The van der Waals surface area contributed by atoms with Gasteiger partial charge in [-0.2, -0.15) is 0 Å². The fourth-order valence-corrected chi connectivity index (χ4v) is 5.34. The quantitative estimate of drug-likeness (QED) is 0.243. The highest BCUT2D eigenvalue weighted by molar-refractivity contribution is 6.31. The molecule has 3 aromatic carbocycles. The van der Waals surface area contributed by atoms with Crippen LogP contribution in [0, 0.1) is 20.8 Å². The van der Waals surface area contributed by atoms with Gasteiger partial charge in [-0.1, -0.05) is 60.1 Å². The van der Waals surface area contributed by atoms with E-state index in [0.29, 0.717) is 50.4 Å². The summed E-state index contributed by atoms with van der Waals surface area (Å²) in [6.45, 7) is 5.61. The van der Waals surface area contributed by atoms with Gasteiger partial charge >= 0.3 is 0 Å². The standard InChI is InChI=1S/C32H27ClN4O3/c1-19-14-15-22(18-25(19)33)26-16-17-27(40-26)30(28-20(2)34-36(31(28)38)23-10-6-4-7-11-23)29-21(3)35-37(32(29)39)24-12-8-5-9-13-24/h4-18,30,34-35H,1-3H3. The molecule has 6 rings (SSSR count). The number of halogens is 1. The van der Waals surface area contributed by atoms with Crippen LogP contribution in [0.25, 0.3) is 22.7 Å². The van der Waals surface area contributed by atoms with Gasteiger partial charge in [0.05, 0.1) is 28.4 Å². The van der Waals surface area contributed by atoms with Gasteiger partial charge in [0.1, 0.15) is 11.5 Å². The smallest absolute Gasteiger partial charge is 0.275 e. The number of furan rings is 1. The second kappa shape index (κ2) is 10.1. The van der Waals surface area contributed by atoms with Crippen molar-refractivity contribution in [3.8, 4) is 22.7 Å². The highest BCUT2D eigenvalue weighted by Gasteiger charge is 2.33. The van der Waals surface area contributed by atoms with E-state index in [0.717, 1.165) is 11.1 Å². The average molecular weight is 551 g/mol. The van der Waals surface area contributed by atoms with Crippen molar-refractivity contribution in [2.24, 2.45) is 0 Å². The Balaban J connectivity index is 1.57. The molecule has 0 amide bonds. The largest absolute Gasteiger partial charge is 0.460 e. The summed E-state index contributed by atoms with van der Waals surface area (Å²) in [6, 6.07) is 28.1. The molecule has 8 heteroatoms. The molecule has 0 aliphatic carbocycles. The third-order valence-corrected chi connectivity index (χ3v) is 7.62.